The Morgan fingerprint density at radius 2 is 1.97 bits per heavy atom. The number of thioether (sulfide) groups is 1. The number of aliphatic imine (C=N–C) groups is 1. The fourth-order valence-corrected chi connectivity index (χ4v) is 4.16. The van der Waals surface area contributed by atoms with Crippen LogP contribution in [0.15, 0.2) is 40.5 Å². The van der Waals surface area contributed by atoms with Gasteiger partial charge in [-0.3, -0.25) is 14.5 Å². The van der Waals surface area contributed by atoms with Crippen LogP contribution in [0.2, 0.25) is 0 Å². The number of carbonyl (C=O) groups is 3. The van der Waals surface area contributed by atoms with E-state index in [1.807, 2.05) is 0 Å². The molecule has 1 atom stereocenters. The van der Waals surface area contributed by atoms with E-state index < -0.39 is 18.0 Å². The van der Waals surface area contributed by atoms with Crippen LogP contribution in [-0.2, 0) is 23.9 Å². The molecule has 1 aromatic rings. The van der Waals surface area contributed by atoms with Gasteiger partial charge in [-0.25, -0.2) is 9.79 Å². The second-order valence-corrected chi connectivity index (χ2v) is 7.51. The number of amidine groups is 1. The molecule has 1 fully saturated rings. The fourth-order valence-electron chi connectivity index (χ4n) is 3.15. The summed E-state index contributed by atoms with van der Waals surface area (Å²) in [6.07, 6.45) is 0.358. The zero-order chi connectivity index (χ0) is 21.0. The van der Waals surface area contributed by atoms with E-state index in [1.165, 1.54) is 25.8 Å². The number of allylic oxidation sites excluding steroid dienone is 1. The number of nitrogens with zero attached hydrogens (tertiary/aromatic N) is 2. The number of amides is 1. The summed E-state index contributed by atoms with van der Waals surface area (Å²) in [7, 11) is 1.52. The van der Waals surface area contributed by atoms with Crippen molar-refractivity contribution in [3.63, 3.8) is 0 Å². The molecule has 1 aromatic carbocycles. The first kappa shape index (κ1) is 21.1. The minimum atomic E-state index is -0.663. The topological polar surface area (TPSA) is 94.5 Å². The highest BCUT2D eigenvalue weighted by Gasteiger charge is 2.41. The number of benzene rings is 1. The molecule has 9 heteroatoms. The van der Waals surface area contributed by atoms with Crippen molar-refractivity contribution in [3.05, 3.63) is 41.1 Å². The van der Waals surface area contributed by atoms with Crippen molar-refractivity contribution in [1.82, 2.24) is 4.90 Å². The van der Waals surface area contributed by atoms with Crippen molar-refractivity contribution in [2.24, 2.45) is 4.99 Å². The monoisotopic (exact) mass is 418 g/mol. The molecule has 0 unspecified atom stereocenters. The molecule has 3 rings (SSSR count). The zero-order valence-electron chi connectivity index (χ0n) is 16.5. The van der Waals surface area contributed by atoms with Gasteiger partial charge in [-0.2, -0.15) is 0 Å². The number of carbonyl (C=O) groups excluding carboxylic acids is 3. The fraction of sp³-hybridized carbons (Fsp3) is 0.400. The number of rotatable bonds is 6. The van der Waals surface area contributed by atoms with Gasteiger partial charge in [-0.1, -0.05) is 23.9 Å². The van der Waals surface area contributed by atoms with Crippen LogP contribution < -0.4 is 4.74 Å². The van der Waals surface area contributed by atoms with Crippen molar-refractivity contribution >= 4 is 34.8 Å². The first-order valence-corrected chi connectivity index (χ1v) is 10.1. The second kappa shape index (κ2) is 9.23. The lowest BCUT2D eigenvalue weighted by molar-refractivity contribution is -0.141. The quantitative estimate of drug-likeness (QED) is 0.398. The Morgan fingerprint density at radius 3 is 2.62 bits per heavy atom. The molecule has 0 aliphatic carbocycles. The predicted octanol–water partition coefficient (Wildman–Crippen LogP) is 2.45. The number of esters is 2. The minimum Gasteiger partial charge on any atom is -0.460 e. The van der Waals surface area contributed by atoms with Crippen molar-refractivity contribution in [1.29, 1.82) is 0 Å². The Balaban J connectivity index is 2.00. The van der Waals surface area contributed by atoms with Crippen LogP contribution in [0.4, 0.5) is 0 Å². The summed E-state index contributed by atoms with van der Waals surface area (Å²) in [6, 6.07) is 6.06. The van der Waals surface area contributed by atoms with E-state index in [9.17, 15) is 14.4 Å². The van der Waals surface area contributed by atoms with Gasteiger partial charge < -0.3 is 14.2 Å². The maximum atomic E-state index is 12.8. The van der Waals surface area contributed by atoms with Crippen molar-refractivity contribution in [2.75, 3.05) is 26.1 Å². The number of hydrogen-bond donors (Lipinski definition) is 0. The molecule has 2 heterocycles. The molecule has 154 valence electrons. The van der Waals surface area contributed by atoms with Gasteiger partial charge in [-0.15, -0.1) is 0 Å². The van der Waals surface area contributed by atoms with Gasteiger partial charge in [0.2, 0.25) is 5.91 Å². The molecule has 0 N–H and O–H groups in total. The highest BCUT2D eigenvalue weighted by Crippen LogP contribution is 2.40. The molecule has 0 aromatic heterocycles. The summed E-state index contributed by atoms with van der Waals surface area (Å²) in [6.45, 7) is 3.43. The molecule has 0 radical (unpaired) electrons. The predicted molar refractivity (Wildman–Crippen MR) is 107 cm³/mol. The van der Waals surface area contributed by atoms with E-state index in [0.29, 0.717) is 39.9 Å². The molecule has 2 aliphatic rings. The number of hydrogen-bond acceptors (Lipinski definition) is 8. The van der Waals surface area contributed by atoms with Crippen LogP contribution in [0.1, 0.15) is 31.9 Å². The van der Waals surface area contributed by atoms with Gasteiger partial charge in [0.15, 0.2) is 5.17 Å². The lowest BCUT2D eigenvalue weighted by atomic mass is 9.94. The van der Waals surface area contributed by atoms with Crippen molar-refractivity contribution < 1.29 is 28.6 Å². The van der Waals surface area contributed by atoms with Crippen LogP contribution in [0.3, 0.4) is 0 Å². The molecule has 1 amide bonds. The van der Waals surface area contributed by atoms with Crippen molar-refractivity contribution in [3.8, 4) is 5.75 Å². The normalized spacial score (nSPS) is 18.9. The lowest BCUT2D eigenvalue weighted by Crippen LogP contribution is -2.45. The Bertz CT molecular complexity index is 877. The van der Waals surface area contributed by atoms with E-state index in [0.717, 1.165) is 0 Å². The Hall–Kier alpha value is -2.65. The molecule has 0 bridgehead atoms. The number of fused-ring (bicyclic) bond motifs is 1. The third kappa shape index (κ3) is 4.68. The van der Waals surface area contributed by atoms with Gasteiger partial charge in [0.05, 0.1) is 23.9 Å². The van der Waals surface area contributed by atoms with Gasteiger partial charge in [0, 0.05) is 26.2 Å². The molecule has 2 aliphatic heterocycles. The summed E-state index contributed by atoms with van der Waals surface area (Å²) >= 11 is 1.48. The summed E-state index contributed by atoms with van der Waals surface area (Å²) < 4.78 is 15.3. The molecule has 29 heavy (non-hydrogen) atoms. The first-order valence-electron chi connectivity index (χ1n) is 9.11. The second-order valence-electron chi connectivity index (χ2n) is 6.45. The maximum Gasteiger partial charge on any atom is 0.338 e. The Morgan fingerprint density at radius 1 is 1.24 bits per heavy atom. The Labute approximate surface area is 172 Å². The average molecular weight is 418 g/mol. The SMILES string of the molecule is COCCOC(=O)C1=C(C)N=C2SCCC(=O)N2[C@@H]1c1ccc(OC(C)=O)cc1. The van der Waals surface area contributed by atoms with Crippen LogP contribution in [-0.4, -0.2) is 54.0 Å². The van der Waals surface area contributed by atoms with Crippen LogP contribution in [0.25, 0.3) is 0 Å². The summed E-state index contributed by atoms with van der Waals surface area (Å²) in [5, 5.41) is 0.571. The van der Waals surface area contributed by atoms with Gasteiger partial charge in [-0.05, 0) is 24.6 Å². The third-order valence-corrected chi connectivity index (χ3v) is 5.36. The van der Waals surface area contributed by atoms with Crippen molar-refractivity contribution in [2.45, 2.75) is 26.3 Å². The maximum absolute atomic E-state index is 12.8. The van der Waals surface area contributed by atoms with E-state index in [4.69, 9.17) is 14.2 Å². The number of ether oxygens (including phenoxy) is 3. The summed E-state index contributed by atoms with van der Waals surface area (Å²) in [4.78, 5) is 42.8. The standard InChI is InChI=1S/C20H22N2O6S/c1-12-17(19(25)27-10-9-26-3)18(22-16(24)8-11-29-20(22)21-12)14-4-6-15(7-5-14)28-13(2)23/h4-7,18H,8-11H2,1-3H3/t18-/m1/s1. The first-order chi connectivity index (χ1) is 13.9. The lowest BCUT2D eigenvalue weighted by Gasteiger charge is -2.38. The Kier molecular flexibility index (Phi) is 6.71. The molecule has 0 spiro atoms. The van der Waals surface area contributed by atoms with Crippen LogP contribution in [0, 0.1) is 0 Å². The van der Waals surface area contributed by atoms with E-state index in [2.05, 4.69) is 4.99 Å². The average Bonchev–Trinajstić information content (AvgIpc) is 2.67. The molecule has 0 saturated carbocycles. The molecule has 8 nitrogen and oxygen atoms in total. The van der Waals surface area contributed by atoms with Crippen LogP contribution in [0.5, 0.6) is 5.75 Å². The van der Waals surface area contributed by atoms with Gasteiger partial charge in [0.25, 0.3) is 0 Å². The highest BCUT2D eigenvalue weighted by atomic mass is 32.2. The molecular formula is C20H22N2O6S. The zero-order valence-corrected chi connectivity index (χ0v) is 17.3. The largest absolute Gasteiger partial charge is 0.460 e. The third-order valence-electron chi connectivity index (χ3n) is 4.40. The molecular weight excluding hydrogens is 396 g/mol. The van der Waals surface area contributed by atoms with Crippen LogP contribution >= 0.6 is 11.8 Å². The minimum absolute atomic E-state index is 0.101. The van der Waals surface area contributed by atoms with E-state index in [-0.39, 0.29) is 19.1 Å². The molecule has 1 saturated heterocycles. The summed E-state index contributed by atoms with van der Waals surface area (Å²) in [5.74, 6) is -0.0421. The number of methoxy groups -OCH3 is 1. The van der Waals surface area contributed by atoms with Gasteiger partial charge in [0.1, 0.15) is 12.4 Å². The van der Waals surface area contributed by atoms with E-state index >= 15 is 0 Å². The summed E-state index contributed by atoms with van der Waals surface area (Å²) in [5.41, 5.74) is 1.51. The smallest absolute Gasteiger partial charge is 0.338 e. The van der Waals surface area contributed by atoms with E-state index in [1.54, 1.807) is 36.1 Å². The highest BCUT2D eigenvalue weighted by molar-refractivity contribution is 8.14. The van der Waals surface area contributed by atoms with Gasteiger partial charge >= 0.3 is 11.9 Å².